The summed E-state index contributed by atoms with van der Waals surface area (Å²) in [5.74, 6) is -2.33. The first-order valence-electron chi connectivity index (χ1n) is 8.06. The second-order valence-electron chi connectivity index (χ2n) is 6.30. The number of rotatable bonds is 2. The maximum atomic E-state index is 12.3. The maximum absolute atomic E-state index is 12.3. The first-order chi connectivity index (χ1) is 11.9. The lowest BCUT2D eigenvalue weighted by Gasteiger charge is -2.32. The standard InChI is InChI=1S/C17H19N3O5/c1-18(2)17(24)19-9-7-11(8-10-19)16(23)25-20-14(21)12-5-3-4-6-13(12)15(20)22/h3-6,11H,7-10H2,1-2H3. The molecule has 0 bridgehead atoms. The van der Waals surface area contributed by atoms with Crippen LogP contribution >= 0.6 is 0 Å². The Balaban J connectivity index is 1.60. The summed E-state index contributed by atoms with van der Waals surface area (Å²) in [5.41, 5.74) is 0.457. The van der Waals surface area contributed by atoms with E-state index >= 15 is 0 Å². The van der Waals surface area contributed by atoms with Crippen LogP contribution in [0.25, 0.3) is 0 Å². The van der Waals surface area contributed by atoms with Gasteiger partial charge in [0.1, 0.15) is 0 Å². The van der Waals surface area contributed by atoms with Crippen LogP contribution in [0.3, 0.4) is 0 Å². The molecule has 8 nitrogen and oxygen atoms in total. The number of nitrogens with zero attached hydrogens (tertiary/aromatic N) is 3. The summed E-state index contributed by atoms with van der Waals surface area (Å²) >= 11 is 0. The lowest BCUT2D eigenvalue weighted by atomic mass is 9.97. The molecule has 0 spiro atoms. The third kappa shape index (κ3) is 3.07. The molecule has 1 saturated heterocycles. The molecule has 8 heteroatoms. The molecule has 0 saturated carbocycles. The molecule has 0 unspecified atom stereocenters. The van der Waals surface area contributed by atoms with Crippen LogP contribution < -0.4 is 0 Å². The highest BCUT2D eigenvalue weighted by Crippen LogP contribution is 2.25. The molecule has 4 amide bonds. The number of likely N-dealkylation sites (tertiary alicyclic amines) is 1. The van der Waals surface area contributed by atoms with Gasteiger partial charge in [-0.05, 0) is 25.0 Å². The van der Waals surface area contributed by atoms with E-state index in [0.29, 0.717) is 31.0 Å². The number of carbonyl (C=O) groups is 4. The number of hydroxylamine groups is 2. The van der Waals surface area contributed by atoms with E-state index in [1.165, 1.54) is 17.0 Å². The van der Waals surface area contributed by atoms with Gasteiger partial charge in [-0.25, -0.2) is 9.59 Å². The molecule has 2 aliphatic rings. The summed E-state index contributed by atoms with van der Waals surface area (Å²) in [5, 5.41) is 0.532. The zero-order valence-corrected chi connectivity index (χ0v) is 14.1. The van der Waals surface area contributed by atoms with Gasteiger partial charge < -0.3 is 14.6 Å². The Morgan fingerprint density at radius 1 is 1.04 bits per heavy atom. The van der Waals surface area contributed by atoms with Gasteiger partial charge in [0.15, 0.2) is 0 Å². The van der Waals surface area contributed by atoms with E-state index in [4.69, 9.17) is 4.84 Å². The normalized spacial score (nSPS) is 17.5. The highest BCUT2D eigenvalue weighted by Gasteiger charge is 2.40. The number of piperidine rings is 1. The second kappa shape index (κ2) is 6.54. The summed E-state index contributed by atoms with van der Waals surface area (Å²) in [6.45, 7) is 0.859. The molecule has 0 atom stereocenters. The Labute approximate surface area is 144 Å². The van der Waals surface area contributed by atoms with Crippen LogP contribution in [-0.2, 0) is 9.63 Å². The topological polar surface area (TPSA) is 87.2 Å². The van der Waals surface area contributed by atoms with Gasteiger partial charge in [0, 0.05) is 27.2 Å². The Morgan fingerprint density at radius 2 is 1.56 bits per heavy atom. The maximum Gasteiger partial charge on any atom is 0.336 e. The Hall–Kier alpha value is -2.90. The molecule has 2 heterocycles. The predicted octanol–water partition coefficient (Wildman–Crippen LogP) is 1.13. The molecule has 2 aliphatic heterocycles. The lowest BCUT2D eigenvalue weighted by molar-refractivity contribution is -0.175. The van der Waals surface area contributed by atoms with Crippen molar-refractivity contribution in [3.05, 3.63) is 35.4 Å². The van der Waals surface area contributed by atoms with Crippen molar-refractivity contribution in [2.45, 2.75) is 12.8 Å². The van der Waals surface area contributed by atoms with Gasteiger partial charge in [0.2, 0.25) is 0 Å². The first-order valence-corrected chi connectivity index (χ1v) is 8.06. The van der Waals surface area contributed by atoms with Gasteiger partial charge >= 0.3 is 12.0 Å². The SMILES string of the molecule is CN(C)C(=O)N1CCC(C(=O)ON2C(=O)c3ccccc3C2=O)CC1. The number of fused-ring (bicyclic) bond motifs is 1. The monoisotopic (exact) mass is 345 g/mol. The molecular weight excluding hydrogens is 326 g/mol. The second-order valence-corrected chi connectivity index (χ2v) is 6.30. The average Bonchev–Trinajstić information content (AvgIpc) is 2.86. The minimum Gasteiger partial charge on any atom is -0.331 e. The van der Waals surface area contributed by atoms with Crippen molar-refractivity contribution in [1.82, 2.24) is 14.9 Å². The average molecular weight is 345 g/mol. The van der Waals surface area contributed by atoms with Crippen molar-refractivity contribution in [3.8, 4) is 0 Å². The summed E-state index contributed by atoms with van der Waals surface area (Å²) in [4.78, 5) is 56.9. The molecule has 25 heavy (non-hydrogen) atoms. The van der Waals surface area contributed by atoms with E-state index in [2.05, 4.69) is 0 Å². The van der Waals surface area contributed by atoms with Crippen LogP contribution in [0, 0.1) is 5.92 Å². The molecule has 1 aromatic rings. The predicted molar refractivity (Wildman–Crippen MR) is 86.4 cm³/mol. The van der Waals surface area contributed by atoms with E-state index in [-0.39, 0.29) is 17.2 Å². The minimum atomic E-state index is -0.630. The third-order valence-electron chi connectivity index (χ3n) is 4.42. The van der Waals surface area contributed by atoms with Gasteiger partial charge in [-0.2, -0.15) is 0 Å². The summed E-state index contributed by atoms with van der Waals surface area (Å²) in [7, 11) is 3.34. The number of urea groups is 1. The quantitative estimate of drug-likeness (QED) is 0.750. The van der Waals surface area contributed by atoms with Crippen LogP contribution in [0.15, 0.2) is 24.3 Å². The Kier molecular flexibility index (Phi) is 4.43. The van der Waals surface area contributed by atoms with Crippen LogP contribution in [0.1, 0.15) is 33.6 Å². The summed E-state index contributed by atoms with van der Waals surface area (Å²) < 4.78 is 0. The summed E-state index contributed by atoms with van der Waals surface area (Å²) in [6.07, 6.45) is 0.864. The zero-order valence-electron chi connectivity index (χ0n) is 14.1. The fourth-order valence-corrected chi connectivity index (χ4v) is 3.00. The van der Waals surface area contributed by atoms with Crippen LogP contribution in [0.5, 0.6) is 0 Å². The van der Waals surface area contributed by atoms with Crippen molar-refractivity contribution in [3.63, 3.8) is 0 Å². The Morgan fingerprint density at radius 3 is 2.04 bits per heavy atom. The number of benzene rings is 1. The molecule has 1 aromatic carbocycles. The first kappa shape index (κ1) is 16.9. The number of hydrogen-bond donors (Lipinski definition) is 0. The number of amides is 4. The van der Waals surface area contributed by atoms with Gasteiger partial charge in [-0.3, -0.25) is 9.59 Å². The molecule has 1 fully saturated rings. The molecule has 0 N–H and O–H groups in total. The molecule has 132 valence electrons. The largest absolute Gasteiger partial charge is 0.336 e. The van der Waals surface area contributed by atoms with E-state index < -0.39 is 23.7 Å². The fourth-order valence-electron chi connectivity index (χ4n) is 3.00. The van der Waals surface area contributed by atoms with Crippen molar-refractivity contribution in [1.29, 1.82) is 0 Å². The van der Waals surface area contributed by atoms with Crippen LogP contribution in [0.2, 0.25) is 0 Å². The molecular formula is C17H19N3O5. The summed E-state index contributed by atoms with van der Waals surface area (Å²) in [6, 6.07) is 6.23. The Bertz CT molecular complexity index is 703. The van der Waals surface area contributed by atoms with E-state index in [1.807, 2.05) is 0 Å². The van der Waals surface area contributed by atoms with Crippen LogP contribution in [-0.4, -0.2) is 65.9 Å². The fraction of sp³-hybridized carbons (Fsp3) is 0.412. The smallest absolute Gasteiger partial charge is 0.331 e. The number of imide groups is 1. The highest BCUT2D eigenvalue weighted by molar-refractivity contribution is 6.20. The van der Waals surface area contributed by atoms with Crippen molar-refractivity contribution in [2.75, 3.05) is 27.2 Å². The van der Waals surface area contributed by atoms with E-state index in [9.17, 15) is 19.2 Å². The minimum absolute atomic E-state index is 0.104. The van der Waals surface area contributed by atoms with Crippen molar-refractivity contribution < 1.29 is 24.0 Å². The highest BCUT2D eigenvalue weighted by atomic mass is 16.7. The van der Waals surface area contributed by atoms with Gasteiger partial charge in [0.05, 0.1) is 17.0 Å². The molecule has 0 aromatic heterocycles. The van der Waals surface area contributed by atoms with Gasteiger partial charge in [-0.1, -0.05) is 17.2 Å². The lowest BCUT2D eigenvalue weighted by Crippen LogP contribution is -2.46. The van der Waals surface area contributed by atoms with Gasteiger partial charge in [-0.15, -0.1) is 0 Å². The molecule has 0 radical (unpaired) electrons. The van der Waals surface area contributed by atoms with E-state index in [0.717, 1.165) is 0 Å². The van der Waals surface area contributed by atoms with Crippen molar-refractivity contribution >= 4 is 23.8 Å². The van der Waals surface area contributed by atoms with Gasteiger partial charge in [0.25, 0.3) is 11.8 Å². The number of hydrogen-bond acceptors (Lipinski definition) is 5. The molecule has 3 rings (SSSR count). The number of carbonyl (C=O) groups excluding carboxylic acids is 4. The van der Waals surface area contributed by atoms with E-state index in [1.54, 1.807) is 31.1 Å². The zero-order chi connectivity index (χ0) is 18.1. The molecule has 0 aliphatic carbocycles. The van der Waals surface area contributed by atoms with Crippen LogP contribution in [0.4, 0.5) is 4.79 Å². The van der Waals surface area contributed by atoms with Crippen molar-refractivity contribution in [2.24, 2.45) is 5.92 Å². The third-order valence-corrected chi connectivity index (χ3v) is 4.42.